The van der Waals surface area contributed by atoms with Crippen molar-refractivity contribution in [3.63, 3.8) is 0 Å². The van der Waals surface area contributed by atoms with E-state index in [1.54, 1.807) is 12.4 Å². The molecule has 5 heteroatoms. The number of nitrogens with zero attached hydrogens (tertiary/aromatic N) is 3. The minimum absolute atomic E-state index is 0.629. The van der Waals surface area contributed by atoms with Crippen LogP contribution in [0.15, 0.2) is 53.9 Å². The second-order valence-electron chi connectivity index (χ2n) is 4.15. The summed E-state index contributed by atoms with van der Waals surface area (Å²) in [5, 5.41) is 4.29. The average Bonchev–Trinajstić information content (AvgIpc) is 2.88. The standard InChI is InChI=1S/C14H13N5/c1-10(11-5-4-8-15-9-11)18-19-14-16-12-6-2-3-7-13(12)17-14/h2-9H,1H3,(H2,16,17,19)/b18-10-. The molecule has 1 aromatic carbocycles. The number of imidazole rings is 1. The zero-order valence-corrected chi connectivity index (χ0v) is 10.5. The number of H-pyrrole nitrogens is 1. The Morgan fingerprint density at radius 1 is 1.21 bits per heavy atom. The molecule has 0 fully saturated rings. The highest BCUT2D eigenvalue weighted by molar-refractivity contribution is 5.98. The van der Waals surface area contributed by atoms with Crippen molar-refractivity contribution >= 4 is 22.7 Å². The van der Waals surface area contributed by atoms with Gasteiger partial charge in [-0.15, -0.1) is 0 Å². The van der Waals surface area contributed by atoms with E-state index in [1.807, 2.05) is 43.3 Å². The first-order valence-corrected chi connectivity index (χ1v) is 5.98. The molecule has 2 N–H and O–H groups in total. The van der Waals surface area contributed by atoms with Crippen LogP contribution < -0.4 is 5.43 Å². The molecule has 2 heterocycles. The lowest BCUT2D eigenvalue weighted by atomic mass is 10.2. The number of aromatic amines is 1. The first kappa shape index (κ1) is 11.4. The molecule has 0 aliphatic rings. The Bertz CT molecular complexity index is 682. The van der Waals surface area contributed by atoms with Crippen molar-refractivity contribution in [2.24, 2.45) is 5.10 Å². The summed E-state index contributed by atoms with van der Waals surface area (Å²) in [6.45, 7) is 1.92. The Morgan fingerprint density at radius 2 is 2.11 bits per heavy atom. The van der Waals surface area contributed by atoms with Gasteiger partial charge in [0.05, 0.1) is 16.7 Å². The summed E-state index contributed by atoms with van der Waals surface area (Å²) in [6, 6.07) is 11.7. The number of hydrazone groups is 1. The number of para-hydroxylation sites is 2. The molecule has 0 atom stereocenters. The molecule has 3 rings (SSSR count). The summed E-state index contributed by atoms with van der Waals surface area (Å²) < 4.78 is 0. The SMILES string of the molecule is C/C(=N/Nc1nc2ccccc2[nH]1)c1cccnc1. The van der Waals surface area contributed by atoms with Crippen LogP contribution >= 0.6 is 0 Å². The number of benzene rings is 1. The number of nitrogens with one attached hydrogen (secondary N) is 2. The number of rotatable bonds is 3. The van der Waals surface area contributed by atoms with Gasteiger partial charge in [-0.3, -0.25) is 4.98 Å². The number of anilines is 1. The van der Waals surface area contributed by atoms with E-state index in [9.17, 15) is 0 Å². The van der Waals surface area contributed by atoms with Gasteiger partial charge < -0.3 is 4.98 Å². The third kappa shape index (κ3) is 2.44. The van der Waals surface area contributed by atoms with Crippen LogP contribution in [-0.4, -0.2) is 20.7 Å². The fourth-order valence-corrected chi connectivity index (χ4v) is 1.78. The summed E-state index contributed by atoms with van der Waals surface area (Å²) in [4.78, 5) is 11.6. The topological polar surface area (TPSA) is 66.0 Å². The van der Waals surface area contributed by atoms with Crippen molar-refractivity contribution in [3.05, 3.63) is 54.4 Å². The largest absolute Gasteiger partial charge is 0.323 e. The maximum atomic E-state index is 4.39. The molecule has 0 unspecified atom stereocenters. The maximum Gasteiger partial charge on any atom is 0.222 e. The van der Waals surface area contributed by atoms with Gasteiger partial charge in [0.25, 0.3) is 0 Å². The van der Waals surface area contributed by atoms with Crippen molar-refractivity contribution < 1.29 is 0 Å². The predicted molar refractivity (Wildman–Crippen MR) is 76.2 cm³/mol. The first-order valence-electron chi connectivity index (χ1n) is 5.98. The van der Waals surface area contributed by atoms with Crippen LogP contribution in [0.25, 0.3) is 11.0 Å². The van der Waals surface area contributed by atoms with Crippen molar-refractivity contribution in [1.82, 2.24) is 15.0 Å². The van der Waals surface area contributed by atoms with Gasteiger partial charge in [0.2, 0.25) is 5.95 Å². The lowest BCUT2D eigenvalue weighted by molar-refractivity contribution is 1.20. The van der Waals surface area contributed by atoms with Gasteiger partial charge in [-0.25, -0.2) is 10.4 Å². The van der Waals surface area contributed by atoms with E-state index >= 15 is 0 Å². The van der Waals surface area contributed by atoms with Crippen LogP contribution in [0.2, 0.25) is 0 Å². The Labute approximate surface area is 110 Å². The van der Waals surface area contributed by atoms with Crippen LogP contribution in [0.1, 0.15) is 12.5 Å². The smallest absolute Gasteiger partial charge is 0.222 e. The quantitative estimate of drug-likeness (QED) is 0.555. The Balaban J connectivity index is 1.82. The summed E-state index contributed by atoms with van der Waals surface area (Å²) >= 11 is 0. The van der Waals surface area contributed by atoms with E-state index in [2.05, 4.69) is 25.5 Å². The van der Waals surface area contributed by atoms with E-state index in [-0.39, 0.29) is 0 Å². The number of pyridine rings is 1. The molecule has 3 aromatic rings. The van der Waals surface area contributed by atoms with Gasteiger partial charge in [-0.1, -0.05) is 18.2 Å². The minimum atomic E-state index is 0.629. The number of aromatic nitrogens is 3. The summed E-state index contributed by atoms with van der Waals surface area (Å²) in [7, 11) is 0. The molecule has 0 aliphatic carbocycles. The number of hydrogen-bond acceptors (Lipinski definition) is 4. The number of fused-ring (bicyclic) bond motifs is 1. The molecule has 0 bridgehead atoms. The minimum Gasteiger partial charge on any atom is -0.323 e. The molecule has 2 aromatic heterocycles. The van der Waals surface area contributed by atoms with E-state index < -0.39 is 0 Å². The molecule has 0 saturated carbocycles. The Morgan fingerprint density at radius 3 is 2.89 bits per heavy atom. The summed E-state index contributed by atoms with van der Waals surface area (Å²) in [5.74, 6) is 0.629. The molecule has 19 heavy (non-hydrogen) atoms. The van der Waals surface area contributed by atoms with Crippen molar-refractivity contribution in [2.75, 3.05) is 5.43 Å². The molecule has 0 radical (unpaired) electrons. The molecule has 5 nitrogen and oxygen atoms in total. The van der Waals surface area contributed by atoms with Crippen LogP contribution in [0.3, 0.4) is 0 Å². The van der Waals surface area contributed by atoms with E-state index in [1.165, 1.54) is 0 Å². The number of hydrogen-bond donors (Lipinski definition) is 2. The maximum absolute atomic E-state index is 4.39. The van der Waals surface area contributed by atoms with Gasteiger partial charge in [0.15, 0.2) is 0 Å². The summed E-state index contributed by atoms with van der Waals surface area (Å²) in [6.07, 6.45) is 3.52. The van der Waals surface area contributed by atoms with E-state index in [4.69, 9.17) is 0 Å². The Hall–Kier alpha value is -2.69. The Kier molecular flexibility index (Phi) is 2.94. The normalized spacial score (nSPS) is 11.7. The average molecular weight is 251 g/mol. The highest BCUT2D eigenvalue weighted by Gasteiger charge is 2.01. The predicted octanol–water partition coefficient (Wildman–Crippen LogP) is 2.79. The van der Waals surface area contributed by atoms with E-state index in [0.29, 0.717) is 5.95 Å². The van der Waals surface area contributed by atoms with E-state index in [0.717, 1.165) is 22.3 Å². The molecular weight excluding hydrogens is 238 g/mol. The zero-order valence-electron chi connectivity index (χ0n) is 10.5. The van der Waals surface area contributed by atoms with Crippen LogP contribution in [0.4, 0.5) is 5.95 Å². The second-order valence-corrected chi connectivity index (χ2v) is 4.15. The lowest BCUT2D eigenvalue weighted by Crippen LogP contribution is -2.00. The van der Waals surface area contributed by atoms with Crippen LogP contribution in [-0.2, 0) is 0 Å². The van der Waals surface area contributed by atoms with Crippen LogP contribution in [0.5, 0.6) is 0 Å². The molecule has 94 valence electrons. The van der Waals surface area contributed by atoms with Gasteiger partial charge in [0.1, 0.15) is 0 Å². The third-order valence-corrected chi connectivity index (χ3v) is 2.80. The van der Waals surface area contributed by atoms with Crippen molar-refractivity contribution in [3.8, 4) is 0 Å². The van der Waals surface area contributed by atoms with Gasteiger partial charge in [0, 0.05) is 18.0 Å². The highest BCUT2D eigenvalue weighted by Crippen LogP contribution is 2.13. The highest BCUT2D eigenvalue weighted by atomic mass is 15.4. The molecule has 0 amide bonds. The monoisotopic (exact) mass is 251 g/mol. The van der Waals surface area contributed by atoms with Crippen molar-refractivity contribution in [1.29, 1.82) is 0 Å². The second kappa shape index (κ2) is 4.89. The third-order valence-electron chi connectivity index (χ3n) is 2.80. The molecule has 0 spiro atoms. The fourth-order valence-electron chi connectivity index (χ4n) is 1.78. The molecule has 0 aliphatic heterocycles. The van der Waals surface area contributed by atoms with Gasteiger partial charge in [-0.05, 0) is 25.1 Å². The van der Waals surface area contributed by atoms with Crippen LogP contribution in [0, 0.1) is 0 Å². The van der Waals surface area contributed by atoms with Gasteiger partial charge >= 0.3 is 0 Å². The van der Waals surface area contributed by atoms with Gasteiger partial charge in [-0.2, -0.15) is 5.10 Å². The first-order chi connectivity index (χ1) is 9.33. The lowest BCUT2D eigenvalue weighted by Gasteiger charge is -1.99. The summed E-state index contributed by atoms with van der Waals surface area (Å²) in [5.41, 5.74) is 6.66. The zero-order chi connectivity index (χ0) is 13.1. The van der Waals surface area contributed by atoms with Crippen molar-refractivity contribution in [2.45, 2.75) is 6.92 Å². The molecular formula is C14H13N5. The molecule has 0 saturated heterocycles. The fraction of sp³-hybridized carbons (Fsp3) is 0.0714.